The first-order chi connectivity index (χ1) is 28.2. The van der Waals surface area contributed by atoms with E-state index in [4.69, 9.17) is 18.9 Å². The van der Waals surface area contributed by atoms with Crippen molar-refractivity contribution >= 4 is 40.8 Å². The van der Waals surface area contributed by atoms with E-state index in [1.807, 2.05) is 0 Å². The molecule has 1 saturated heterocycles. The van der Waals surface area contributed by atoms with Crippen molar-refractivity contribution in [2.75, 3.05) is 27.2 Å². The van der Waals surface area contributed by atoms with Gasteiger partial charge in [-0.2, -0.15) is 0 Å². The van der Waals surface area contributed by atoms with Gasteiger partial charge in [0, 0.05) is 81.5 Å². The highest BCUT2D eigenvalue weighted by atomic mass is 16.7. The van der Waals surface area contributed by atoms with Gasteiger partial charge < -0.3 is 39.4 Å². The number of carbonyl (C=O) groups excluding carboxylic acids is 5. The van der Waals surface area contributed by atoms with Crippen LogP contribution >= 0.6 is 0 Å². The van der Waals surface area contributed by atoms with Gasteiger partial charge in [-0.1, -0.05) is 52.3 Å². The van der Waals surface area contributed by atoms with Crippen LogP contribution < -0.4 is 4.74 Å². The number of methoxy groups -OCH3 is 1. The summed E-state index contributed by atoms with van der Waals surface area (Å²) in [6.07, 6.45) is 5.60. The summed E-state index contributed by atoms with van der Waals surface area (Å²) in [4.78, 5) is 73.5. The predicted molar refractivity (Wildman–Crippen MR) is 219 cm³/mol. The van der Waals surface area contributed by atoms with Crippen molar-refractivity contribution < 1.29 is 63.3 Å². The second-order valence-corrected chi connectivity index (χ2v) is 16.3. The molecule has 4 N–H and O–H groups in total. The van der Waals surface area contributed by atoms with Crippen LogP contribution in [0.3, 0.4) is 0 Å². The molecule has 0 spiro atoms. The number of hydrazine groups is 1. The second kappa shape index (κ2) is 18.2. The first-order valence-corrected chi connectivity index (χ1v) is 20.2. The van der Waals surface area contributed by atoms with Crippen LogP contribution in [0.5, 0.6) is 11.5 Å². The zero-order valence-electron chi connectivity index (χ0n) is 35.8. The van der Waals surface area contributed by atoms with Crippen LogP contribution in [0.25, 0.3) is 5.76 Å². The van der Waals surface area contributed by atoms with Crippen molar-refractivity contribution in [3.8, 4) is 11.5 Å². The van der Waals surface area contributed by atoms with E-state index >= 15 is 0 Å². The van der Waals surface area contributed by atoms with E-state index in [0.29, 0.717) is 13.1 Å². The van der Waals surface area contributed by atoms with Crippen molar-refractivity contribution in [1.29, 1.82) is 0 Å². The summed E-state index contributed by atoms with van der Waals surface area (Å²) in [6, 6.07) is 0. The summed E-state index contributed by atoms with van der Waals surface area (Å²) in [6.45, 7) is 13.2. The van der Waals surface area contributed by atoms with Gasteiger partial charge in [0.2, 0.25) is 5.78 Å². The number of esters is 1. The average molecular weight is 836 g/mol. The molecule has 1 aliphatic carbocycles. The highest BCUT2D eigenvalue weighted by Gasteiger charge is 2.53. The van der Waals surface area contributed by atoms with Gasteiger partial charge in [0.05, 0.1) is 35.7 Å². The topological polar surface area (TPSA) is 222 Å². The highest BCUT2D eigenvalue weighted by molar-refractivity contribution is 6.61. The van der Waals surface area contributed by atoms with Gasteiger partial charge in [-0.25, -0.2) is 10.0 Å². The molecule has 4 aliphatic heterocycles. The number of hydrogen-bond acceptors (Lipinski definition) is 14. The van der Waals surface area contributed by atoms with Crippen LogP contribution in [0.1, 0.15) is 99.6 Å². The third-order valence-corrected chi connectivity index (χ3v) is 12.2. The largest absolute Gasteiger partial charge is 0.507 e. The minimum Gasteiger partial charge on any atom is -0.507 e. The third kappa shape index (κ3) is 8.55. The summed E-state index contributed by atoms with van der Waals surface area (Å²) in [7, 11) is 2.87. The quantitative estimate of drug-likeness (QED) is 0.306. The fourth-order valence-corrected chi connectivity index (χ4v) is 8.32. The molecule has 16 heteroatoms. The molecule has 326 valence electrons. The van der Waals surface area contributed by atoms with Gasteiger partial charge in [0.25, 0.3) is 17.6 Å². The van der Waals surface area contributed by atoms with Crippen molar-refractivity contribution in [1.82, 2.24) is 10.0 Å². The highest BCUT2D eigenvalue weighted by Crippen LogP contribution is 2.50. The Balaban J connectivity index is 1.72. The third-order valence-electron chi connectivity index (χ3n) is 12.2. The van der Waals surface area contributed by atoms with Crippen molar-refractivity contribution in [2.45, 2.75) is 105 Å². The normalized spacial score (nSPS) is 32.6. The fraction of sp³-hybridized carbons (Fsp3) is 0.545. The molecule has 0 radical (unpaired) electrons. The van der Waals surface area contributed by atoms with Crippen LogP contribution in [0.4, 0.5) is 0 Å². The van der Waals surface area contributed by atoms with E-state index in [-0.39, 0.29) is 22.4 Å². The number of nitrogens with zero attached hydrogens (tertiary/aromatic N) is 3. The number of aromatic hydroxyl groups is 1. The molecular formula is C44H57N3O13. The number of rotatable bonds is 4. The number of fused-ring (bicyclic) bond motifs is 13. The summed E-state index contributed by atoms with van der Waals surface area (Å²) in [5, 5.41) is 49.5. The molecular weight excluding hydrogens is 778 g/mol. The van der Waals surface area contributed by atoms with Crippen molar-refractivity contribution in [3.05, 3.63) is 64.0 Å². The molecule has 9 unspecified atom stereocenters. The van der Waals surface area contributed by atoms with Crippen molar-refractivity contribution in [2.24, 2.45) is 28.7 Å². The molecule has 4 heterocycles. The average Bonchev–Trinajstić information content (AvgIpc) is 3.48. The van der Waals surface area contributed by atoms with E-state index in [1.165, 1.54) is 65.1 Å². The summed E-state index contributed by atoms with van der Waals surface area (Å²) >= 11 is 0. The first kappa shape index (κ1) is 45.9. The number of aliphatic hydroxyl groups is 3. The number of carbonyl (C=O) groups is 5. The SMILES string of the molecule is COC1/C=C/OC2(C)Oc3c(C)c(O)c4c(c3C2=O)C(O)=C(C(=O)N(C)N2CCCCC2)C(=NC(=O)/C(C)=C\C=C\C(C)C(O)C(C)C(O)C(C)C(OC(C)=O)C1C)C4=O. The van der Waals surface area contributed by atoms with Crippen LogP contribution in [0.2, 0.25) is 0 Å². The molecule has 60 heavy (non-hydrogen) atoms. The van der Waals surface area contributed by atoms with Crippen LogP contribution in [-0.2, 0) is 28.6 Å². The number of phenols is 1. The number of ketones is 2. The summed E-state index contributed by atoms with van der Waals surface area (Å²) < 4.78 is 23.5. The molecule has 1 fully saturated rings. The zero-order valence-corrected chi connectivity index (χ0v) is 35.8. The molecule has 6 rings (SSSR count). The molecule has 0 aromatic heterocycles. The number of likely N-dealkylation sites (N-methyl/N-ethyl adjacent to an activating group) is 1. The van der Waals surface area contributed by atoms with Gasteiger partial charge in [-0.15, -0.1) is 0 Å². The lowest BCUT2D eigenvalue weighted by atomic mass is 9.78. The number of Topliss-reactive ketones (excluding diaryl/α,β-unsaturated/α-hetero) is 2. The molecule has 9 atom stereocenters. The van der Waals surface area contributed by atoms with Gasteiger partial charge in [-0.05, 0) is 32.8 Å². The monoisotopic (exact) mass is 835 g/mol. The van der Waals surface area contributed by atoms with E-state index in [1.54, 1.807) is 38.8 Å². The van der Waals surface area contributed by atoms with E-state index in [0.717, 1.165) is 25.5 Å². The maximum absolute atomic E-state index is 14.5. The molecule has 1 aromatic carbocycles. The Labute approximate surface area is 349 Å². The second-order valence-electron chi connectivity index (χ2n) is 16.3. The number of phenolic OH excluding ortho intramolecular Hbond substituents is 1. The Hall–Kier alpha value is -5.16. The Bertz CT molecular complexity index is 2080. The smallest absolute Gasteiger partial charge is 0.312 e. The Kier molecular flexibility index (Phi) is 13.9. The van der Waals surface area contributed by atoms with Crippen molar-refractivity contribution in [3.63, 3.8) is 0 Å². The first-order valence-electron chi connectivity index (χ1n) is 20.2. The number of aliphatic imine (C=N–C) groups is 1. The molecule has 2 amide bonds. The van der Waals surface area contributed by atoms with Crippen LogP contribution in [0, 0.1) is 30.6 Å². The minimum atomic E-state index is -2.14. The number of aliphatic hydroxyl groups excluding tert-OH is 3. The number of hydrogen-bond donors (Lipinski definition) is 4. The fourth-order valence-electron chi connectivity index (χ4n) is 8.32. The predicted octanol–water partition coefficient (Wildman–Crippen LogP) is 4.54. The van der Waals surface area contributed by atoms with Gasteiger partial charge in [0.1, 0.15) is 34.6 Å². The lowest BCUT2D eigenvalue weighted by Crippen LogP contribution is -2.49. The molecule has 1 aromatic rings. The molecule has 16 nitrogen and oxygen atoms in total. The van der Waals surface area contributed by atoms with Gasteiger partial charge >= 0.3 is 11.8 Å². The number of piperidine rings is 1. The molecule has 0 saturated carbocycles. The standard InChI is InChI=1S/C44H57N3O13/c1-21-15-14-16-22(2)42(55)45-33-32(43(56)46(9)47-18-12-11-13-19-47)37(52)29-30(38(33)53)36(51)26(6)40-31(29)41(54)44(8,60-40)58-20-17-28(57-10)23(3)39(59-27(7)48)25(5)35(50)24(4)34(21)49/h14-17,20-21,23-25,28,34-35,39,49-52H,11-13,18-19H2,1-10H3/b15-14+,20-17+,22-16-,45-33?. The van der Waals surface area contributed by atoms with E-state index in [2.05, 4.69) is 4.99 Å². The molecule has 5 bridgehead atoms. The maximum Gasteiger partial charge on any atom is 0.312 e. The van der Waals surface area contributed by atoms with E-state index in [9.17, 15) is 44.4 Å². The number of amides is 2. The number of allylic oxidation sites excluding steroid dienone is 2. The zero-order chi connectivity index (χ0) is 44.5. The van der Waals surface area contributed by atoms with Crippen LogP contribution in [-0.4, -0.2) is 123 Å². The Morgan fingerprint density at radius 2 is 1.58 bits per heavy atom. The number of benzene rings is 1. The van der Waals surface area contributed by atoms with E-state index < -0.39 is 117 Å². The van der Waals surface area contributed by atoms with Crippen LogP contribution in [0.15, 0.2) is 46.7 Å². The maximum atomic E-state index is 14.5. The summed E-state index contributed by atoms with van der Waals surface area (Å²) in [5.41, 5.74) is -2.81. The number of ether oxygens (including phenoxy) is 4. The minimum absolute atomic E-state index is 0.00989. The Morgan fingerprint density at radius 1 is 0.933 bits per heavy atom. The summed E-state index contributed by atoms with van der Waals surface area (Å²) in [5.74, 6) is -10.9. The Morgan fingerprint density at radius 3 is 2.20 bits per heavy atom. The lowest BCUT2D eigenvalue weighted by Gasteiger charge is -2.38. The molecule has 5 aliphatic rings. The van der Waals surface area contributed by atoms with Gasteiger partial charge in [0.15, 0.2) is 0 Å². The lowest BCUT2D eigenvalue weighted by molar-refractivity contribution is -0.160. The van der Waals surface area contributed by atoms with Gasteiger partial charge in [-0.3, -0.25) is 29.0 Å².